The number of thiophene rings is 1. The number of nitrogens with zero attached hydrogens (tertiary/aromatic N) is 2. The van der Waals surface area contributed by atoms with E-state index in [1.807, 2.05) is 30.4 Å². The van der Waals surface area contributed by atoms with E-state index in [-0.39, 0.29) is 5.91 Å². The molecular formula is C13H21IN2OS. The lowest BCUT2D eigenvalue weighted by Crippen LogP contribution is -2.38. The molecule has 102 valence electrons. The summed E-state index contributed by atoms with van der Waals surface area (Å²) in [4.78, 5) is 16.5. The third-order valence-electron chi connectivity index (χ3n) is 2.50. The van der Waals surface area contributed by atoms with Crippen molar-refractivity contribution in [2.24, 2.45) is 5.92 Å². The summed E-state index contributed by atoms with van der Waals surface area (Å²) in [6, 6.07) is 1.97. The van der Waals surface area contributed by atoms with Crippen LogP contribution in [0.25, 0.3) is 0 Å². The average Bonchev–Trinajstić information content (AvgIpc) is 2.69. The summed E-state index contributed by atoms with van der Waals surface area (Å²) in [5.41, 5.74) is 0.823. The topological polar surface area (TPSA) is 23.6 Å². The van der Waals surface area contributed by atoms with E-state index >= 15 is 0 Å². The van der Waals surface area contributed by atoms with Crippen LogP contribution in [0.1, 0.15) is 24.2 Å². The van der Waals surface area contributed by atoms with Gasteiger partial charge in [0, 0.05) is 25.0 Å². The van der Waals surface area contributed by atoms with Gasteiger partial charge in [-0.3, -0.25) is 4.79 Å². The number of hydrogen-bond acceptors (Lipinski definition) is 3. The van der Waals surface area contributed by atoms with Gasteiger partial charge >= 0.3 is 0 Å². The van der Waals surface area contributed by atoms with Gasteiger partial charge in [-0.25, -0.2) is 0 Å². The van der Waals surface area contributed by atoms with Crippen molar-refractivity contribution in [3.05, 3.63) is 19.9 Å². The standard InChI is InChI=1S/C13H21IN2OS/c1-10(2)8-16(6-5-15(3)4)13(17)11-7-12(14)18-9-11/h7,9-10H,5-6,8H2,1-4H3. The molecular weight excluding hydrogens is 359 g/mol. The van der Waals surface area contributed by atoms with Gasteiger partial charge in [0.15, 0.2) is 0 Å². The molecule has 0 saturated heterocycles. The largest absolute Gasteiger partial charge is 0.337 e. The number of carbonyl (C=O) groups excluding carboxylic acids is 1. The Morgan fingerprint density at radius 3 is 2.50 bits per heavy atom. The molecule has 0 bridgehead atoms. The minimum atomic E-state index is 0.157. The van der Waals surface area contributed by atoms with Crippen molar-refractivity contribution in [1.29, 1.82) is 0 Å². The Kier molecular flexibility index (Phi) is 6.59. The van der Waals surface area contributed by atoms with E-state index in [9.17, 15) is 4.79 Å². The first-order valence-corrected chi connectivity index (χ1v) is 8.04. The first-order valence-electron chi connectivity index (χ1n) is 6.08. The summed E-state index contributed by atoms with van der Waals surface area (Å²) in [6.07, 6.45) is 0. The summed E-state index contributed by atoms with van der Waals surface area (Å²) in [7, 11) is 4.07. The molecule has 0 radical (unpaired) electrons. The van der Waals surface area contributed by atoms with Crippen LogP contribution in [0.3, 0.4) is 0 Å². The van der Waals surface area contributed by atoms with Crippen molar-refractivity contribution >= 4 is 39.8 Å². The predicted octanol–water partition coefficient (Wildman–Crippen LogP) is 3.01. The maximum Gasteiger partial charge on any atom is 0.254 e. The predicted molar refractivity (Wildman–Crippen MR) is 86.3 cm³/mol. The molecule has 0 spiro atoms. The molecule has 1 aromatic rings. The summed E-state index contributed by atoms with van der Waals surface area (Å²) in [5.74, 6) is 0.651. The highest BCUT2D eigenvalue weighted by Crippen LogP contribution is 2.18. The maximum atomic E-state index is 12.4. The minimum Gasteiger partial charge on any atom is -0.337 e. The van der Waals surface area contributed by atoms with Crippen LogP contribution in [0.5, 0.6) is 0 Å². The van der Waals surface area contributed by atoms with Crippen molar-refractivity contribution < 1.29 is 4.79 Å². The molecule has 0 saturated carbocycles. The Morgan fingerprint density at radius 2 is 2.06 bits per heavy atom. The van der Waals surface area contributed by atoms with Crippen LogP contribution in [0.15, 0.2) is 11.4 Å². The molecule has 1 aromatic heterocycles. The highest BCUT2D eigenvalue weighted by molar-refractivity contribution is 14.1. The third kappa shape index (κ3) is 5.24. The molecule has 0 aliphatic heterocycles. The lowest BCUT2D eigenvalue weighted by molar-refractivity contribution is 0.0725. The number of hydrogen-bond donors (Lipinski definition) is 0. The van der Waals surface area contributed by atoms with Gasteiger partial charge in [0.25, 0.3) is 5.91 Å². The maximum absolute atomic E-state index is 12.4. The van der Waals surface area contributed by atoms with Gasteiger partial charge in [0.1, 0.15) is 0 Å². The quantitative estimate of drug-likeness (QED) is 0.709. The molecule has 0 N–H and O–H groups in total. The van der Waals surface area contributed by atoms with E-state index in [1.165, 1.54) is 0 Å². The molecule has 3 nitrogen and oxygen atoms in total. The van der Waals surface area contributed by atoms with Gasteiger partial charge in [0.05, 0.1) is 8.45 Å². The first kappa shape index (κ1) is 15.9. The van der Waals surface area contributed by atoms with Gasteiger partial charge < -0.3 is 9.80 Å². The summed E-state index contributed by atoms with van der Waals surface area (Å²) in [6.45, 7) is 6.80. The molecule has 0 aromatic carbocycles. The van der Waals surface area contributed by atoms with Crippen LogP contribution in [0, 0.1) is 8.80 Å². The second-order valence-corrected chi connectivity index (χ2v) is 7.89. The normalized spacial score (nSPS) is 11.3. The van der Waals surface area contributed by atoms with E-state index in [1.54, 1.807) is 11.3 Å². The Bertz CT molecular complexity index is 390. The van der Waals surface area contributed by atoms with Crippen LogP contribution in [0.4, 0.5) is 0 Å². The van der Waals surface area contributed by atoms with Gasteiger partial charge in [0.2, 0.25) is 0 Å². The fraction of sp³-hybridized carbons (Fsp3) is 0.615. The van der Waals surface area contributed by atoms with Gasteiger partial charge in [-0.15, -0.1) is 11.3 Å². The number of halogens is 1. The lowest BCUT2D eigenvalue weighted by Gasteiger charge is -2.25. The molecule has 1 rings (SSSR count). The summed E-state index contributed by atoms with van der Waals surface area (Å²) < 4.78 is 1.16. The van der Waals surface area contributed by atoms with Crippen LogP contribution in [0.2, 0.25) is 0 Å². The molecule has 0 aliphatic carbocycles. The van der Waals surface area contributed by atoms with E-state index < -0.39 is 0 Å². The smallest absolute Gasteiger partial charge is 0.254 e. The van der Waals surface area contributed by atoms with Crippen LogP contribution in [-0.2, 0) is 0 Å². The number of likely N-dealkylation sites (N-methyl/N-ethyl adjacent to an activating group) is 1. The van der Waals surface area contributed by atoms with Crippen molar-refractivity contribution in [3.63, 3.8) is 0 Å². The SMILES string of the molecule is CC(C)CN(CCN(C)C)C(=O)c1csc(I)c1. The number of carbonyl (C=O) groups is 1. The van der Waals surface area contributed by atoms with Gasteiger partial charge in [-0.2, -0.15) is 0 Å². The Labute approximate surface area is 127 Å². The molecule has 5 heteroatoms. The van der Waals surface area contributed by atoms with Crippen LogP contribution < -0.4 is 0 Å². The van der Waals surface area contributed by atoms with Gasteiger partial charge in [-0.05, 0) is 48.7 Å². The zero-order valence-electron chi connectivity index (χ0n) is 11.4. The number of amides is 1. The average molecular weight is 380 g/mol. The molecule has 0 unspecified atom stereocenters. The van der Waals surface area contributed by atoms with E-state index in [0.717, 1.165) is 28.1 Å². The fourth-order valence-corrected chi connectivity index (χ4v) is 2.96. The molecule has 1 heterocycles. The monoisotopic (exact) mass is 380 g/mol. The first-order chi connectivity index (χ1) is 8.40. The second-order valence-electron chi connectivity index (χ2n) is 5.09. The molecule has 0 fully saturated rings. The van der Waals surface area contributed by atoms with Crippen molar-refractivity contribution in [3.8, 4) is 0 Å². The van der Waals surface area contributed by atoms with Crippen molar-refractivity contribution in [1.82, 2.24) is 9.80 Å². The van der Waals surface area contributed by atoms with Crippen molar-refractivity contribution in [2.45, 2.75) is 13.8 Å². The van der Waals surface area contributed by atoms with Crippen molar-refractivity contribution in [2.75, 3.05) is 33.7 Å². The molecule has 0 atom stereocenters. The Morgan fingerprint density at radius 1 is 1.39 bits per heavy atom. The van der Waals surface area contributed by atoms with Gasteiger partial charge in [-0.1, -0.05) is 13.8 Å². The highest BCUT2D eigenvalue weighted by Gasteiger charge is 2.17. The zero-order valence-corrected chi connectivity index (χ0v) is 14.4. The summed E-state index contributed by atoms with van der Waals surface area (Å²) >= 11 is 3.88. The minimum absolute atomic E-state index is 0.157. The van der Waals surface area contributed by atoms with E-state index in [0.29, 0.717) is 5.92 Å². The lowest BCUT2D eigenvalue weighted by atomic mass is 10.2. The Balaban J connectivity index is 2.72. The molecule has 0 aliphatic rings. The molecule has 18 heavy (non-hydrogen) atoms. The highest BCUT2D eigenvalue weighted by atomic mass is 127. The number of rotatable bonds is 6. The molecule has 1 amide bonds. The van der Waals surface area contributed by atoms with Crippen LogP contribution in [-0.4, -0.2) is 49.4 Å². The van der Waals surface area contributed by atoms with Crippen LogP contribution >= 0.6 is 33.9 Å². The zero-order chi connectivity index (χ0) is 13.7. The van der Waals surface area contributed by atoms with E-state index in [2.05, 4.69) is 41.3 Å². The van der Waals surface area contributed by atoms with E-state index in [4.69, 9.17) is 0 Å². The third-order valence-corrected chi connectivity index (χ3v) is 4.29. The Hall–Kier alpha value is -0.140. The fourth-order valence-electron chi connectivity index (χ4n) is 1.64. The summed E-state index contributed by atoms with van der Waals surface area (Å²) in [5, 5.41) is 1.95. The second kappa shape index (κ2) is 7.45.